The number of aromatic nitrogens is 2. The third kappa shape index (κ3) is 2.36. The maximum Gasteiger partial charge on any atom is 0.231 e. The summed E-state index contributed by atoms with van der Waals surface area (Å²) in [6.45, 7) is 3.71. The third-order valence-corrected chi connectivity index (χ3v) is 5.56. The van der Waals surface area contributed by atoms with Crippen molar-refractivity contribution >= 4 is 43.5 Å². The van der Waals surface area contributed by atoms with Gasteiger partial charge in [0.05, 0.1) is 16.7 Å². The molecule has 2 aromatic carbocycles. The van der Waals surface area contributed by atoms with Crippen molar-refractivity contribution < 1.29 is 14.3 Å². The summed E-state index contributed by atoms with van der Waals surface area (Å²) in [6, 6.07) is 11.7. The fraction of sp³-hybridized carbons (Fsp3) is 0.143. The van der Waals surface area contributed by atoms with Gasteiger partial charge in [-0.3, -0.25) is 4.79 Å². The maximum absolute atomic E-state index is 12.4. The highest BCUT2D eigenvalue weighted by Crippen LogP contribution is 2.44. The summed E-state index contributed by atoms with van der Waals surface area (Å²) in [7, 11) is 0. The number of benzene rings is 2. The van der Waals surface area contributed by atoms with Gasteiger partial charge in [-0.2, -0.15) is 0 Å². The van der Waals surface area contributed by atoms with Gasteiger partial charge >= 0.3 is 0 Å². The number of fused-ring (bicyclic) bond motifs is 4. The van der Waals surface area contributed by atoms with Crippen molar-refractivity contribution in [3.05, 3.63) is 52.1 Å². The zero-order valence-corrected chi connectivity index (χ0v) is 16.3. The minimum absolute atomic E-state index is 0.00828. The average molecular weight is 423 g/mol. The molecule has 134 valence electrons. The molecule has 1 aliphatic heterocycles. The van der Waals surface area contributed by atoms with E-state index < -0.39 is 0 Å². The Balaban J connectivity index is 1.95. The van der Waals surface area contributed by atoms with Crippen LogP contribution in [0.3, 0.4) is 0 Å². The standard InChI is InChI=1S/C21H15BrN2O3/c1-10-18(11(2)25)19-20(23-10)12-5-3-4-6-15(12)24-21(19)13-7-16-17(8-14(13)22)27-9-26-16/h3-8,23H,9H2,1-2H3. The monoisotopic (exact) mass is 422 g/mol. The van der Waals surface area contributed by atoms with E-state index in [2.05, 4.69) is 20.9 Å². The Bertz CT molecular complexity index is 1260. The molecule has 1 aliphatic rings. The lowest BCUT2D eigenvalue weighted by molar-refractivity contribution is 0.101. The van der Waals surface area contributed by atoms with Crippen molar-refractivity contribution in [3.8, 4) is 22.8 Å². The number of nitrogens with zero attached hydrogens (tertiary/aromatic N) is 1. The number of H-pyrrole nitrogens is 1. The molecule has 27 heavy (non-hydrogen) atoms. The second kappa shape index (κ2) is 5.82. The Kier molecular flexibility index (Phi) is 3.52. The smallest absolute Gasteiger partial charge is 0.231 e. The molecule has 0 saturated heterocycles. The minimum atomic E-state index is 0.00828. The molecule has 0 spiro atoms. The summed E-state index contributed by atoms with van der Waals surface area (Å²) < 4.78 is 11.9. The first-order valence-corrected chi connectivity index (χ1v) is 9.35. The first-order chi connectivity index (χ1) is 13.0. The maximum atomic E-state index is 12.4. The molecule has 1 N–H and O–H groups in total. The number of ether oxygens (including phenoxy) is 2. The van der Waals surface area contributed by atoms with Gasteiger partial charge < -0.3 is 14.5 Å². The van der Waals surface area contributed by atoms with Gasteiger partial charge in [-0.05, 0) is 48.0 Å². The number of aryl methyl sites for hydroxylation is 1. The lowest BCUT2D eigenvalue weighted by atomic mass is 9.99. The number of nitrogens with one attached hydrogen (secondary N) is 1. The van der Waals surface area contributed by atoms with Crippen molar-refractivity contribution in [3.63, 3.8) is 0 Å². The zero-order valence-electron chi connectivity index (χ0n) is 14.7. The number of para-hydroxylation sites is 1. The van der Waals surface area contributed by atoms with Crippen LogP contribution in [0.2, 0.25) is 0 Å². The number of ketones is 1. The Labute approximate surface area is 163 Å². The van der Waals surface area contributed by atoms with E-state index in [1.807, 2.05) is 43.3 Å². The zero-order chi connectivity index (χ0) is 18.7. The van der Waals surface area contributed by atoms with E-state index in [9.17, 15) is 4.79 Å². The number of Topliss-reactive ketones (excluding diaryl/α,β-unsaturated/α-hetero) is 1. The molecule has 0 unspecified atom stereocenters. The summed E-state index contributed by atoms with van der Waals surface area (Å²) in [4.78, 5) is 20.7. The van der Waals surface area contributed by atoms with Gasteiger partial charge in [-0.15, -0.1) is 0 Å². The topological polar surface area (TPSA) is 64.2 Å². The number of carbonyl (C=O) groups is 1. The summed E-state index contributed by atoms with van der Waals surface area (Å²) >= 11 is 3.63. The Morgan fingerprint density at radius 2 is 1.93 bits per heavy atom. The lowest BCUT2D eigenvalue weighted by Crippen LogP contribution is -1.96. The number of hydrogen-bond acceptors (Lipinski definition) is 4. The van der Waals surface area contributed by atoms with E-state index in [0.717, 1.165) is 43.2 Å². The lowest BCUT2D eigenvalue weighted by Gasteiger charge is -2.11. The van der Waals surface area contributed by atoms with Crippen LogP contribution < -0.4 is 9.47 Å². The van der Waals surface area contributed by atoms with Crippen LogP contribution in [-0.2, 0) is 0 Å². The van der Waals surface area contributed by atoms with Crippen molar-refractivity contribution in [1.29, 1.82) is 0 Å². The molecule has 0 aliphatic carbocycles. The predicted molar refractivity (Wildman–Crippen MR) is 108 cm³/mol. The minimum Gasteiger partial charge on any atom is -0.454 e. The van der Waals surface area contributed by atoms with Crippen molar-refractivity contribution in [2.75, 3.05) is 6.79 Å². The van der Waals surface area contributed by atoms with Crippen molar-refractivity contribution in [2.24, 2.45) is 0 Å². The van der Waals surface area contributed by atoms with Gasteiger partial charge in [-0.1, -0.05) is 18.2 Å². The van der Waals surface area contributed by atoms with Crippen LogP contribution in [0.25, 0.3) is 33.1 Å². The third-order valence-electron chi connectivity index (χ3n) is 4.90. The summed E-state index contributed by atoms with van der Waals surface area (Å²) in [5.41, 5.74) is 4.89. The largest absolute Gasteiger partial charge is 0.454 e. The van der Waals surface area contributed by atoms with E-state index in [4.69, 9.17) is 14.5 Å². The molecule has 0 atom stereocenters. The van der Waals surface area contributed by atoms with E-state index in [1.54, 1.807) is 6.92 Å². The van der Waals surface area contributed by atoms with Gasteiger partial charge in [0.15, 0.2) is 17.3 Å². The molecule has 0 amide bonds. The van der Waals surface area contributed by atoms with E-state index in [1.165, 1.54) is 0 Å². The molecule has 0 saturated carbocycles. The summed E-state index contributed by atoms with van der Waals surface area (Å²) in [5.74, 6) is 1.38. The van der Waals surface area contributed by atoms with Crippen LogP contribution in [0.5, 0.6) is 11.5 Å². The fourth-order valence-corrected chi connectivity index (χ4v) is 4.27. The SMILES string of the molecule is CC(=O)c1c(C)[nH]c2c1c(-c1cc3c(cc1Br)OCO3)nc1ccccc12. The Morgan fingerprint density at radius 1 is 1.19 bits per heavy atom. The number of aromatic amines is 1. The Hall–Kier alpha value is -2.86. The van der Waals surface area contributed by atoms with Crippen LogP contribution in [0.15, 0.2) is 40.9 Å². The van der Waals surface area contributed by atoms with Gasteiger partial charge in [0.25, 0.3) is 0 Å². The van der Waals surface area contributed by atoms with Crippen molar-refractivity contribution in [1.82, 2.24) is 9.97 Å². The molecule has 3 heterocycles. The van der Waals surface area contributed by atoms with Crippen LogP contribution in [0.4, 0.5) is 0 Å². The highest BCUT2D eigenvalue weighted by atomic mass is 79.9. The number of carbonyl (C=O) groups excluding carboxylic acids is 1. The van der Waals surface area contributed by atoms with Crippen LogP contribution >= 0.6 is 15.9 Å². The van der Waals surface area contributed by atoms with Crippen LogP contribution in [0.1, 0.15) is 23.0 Å². The molecule has 0 bridgehead atoms. The quantitative estimate of drug-likeness (QED) is 0.440. The number of hydrogen-bond donors (Lipinski definition) is 1. The van der Waals surface area contributed by atoms with E-state index in [0.29, 0.717) is 17.1 Å². The first kappa shape index (κ1) is 16.3. The molecule has 4 aromatic rings. The number of halogens is 1. The van der Waals surface area contributed by atoms with Gasteiger partial charge in [0.1, 0.15) is 0 Å². The number of pyridine rings is 1. The average Bonchev–Trinajstić information content (AvgIpc) is 3.23. The second-order valence-electron chi connectivity index (χ2n) is 6.59. The molecule has 5 rings (SSSR count). The molecule has 2 aromatic heterocycles. The highest BCUT2D eigenvalue weighted by Gasteiger charge is 2.24. The molecular weight excluding hydrogens is 408 g/mol. The molecule has 0 fully saturated rings. The Morgan fingerprint density at radius 3 is 2.70 bits per heavy atom. The summed E-state index contributed by atoms with van der Waals surface area (Å²) in [5, 5.41) is 1.82. The van der Waals surface area contributed by atoms with Gasteiger partial charge in [0.2, 0.25) is 6.79 Å². The molecule has 6 heteroatoms. The van der Waals surface area contributed by atoms with E-state index >= 15 is 0 Å². The molecule has 0 radical (unpaired) electrons. The van der Waals surface area contributed by atoms with E-state index in [-0.39, 0.29) is 12.6 Å². The highest BCUT2D eigenvalue weighted by molar-refractivity contribution is 9.10. The molecule has 5 nitrogen and oxygen atoms in total. The van der Waals surface area contributed by atoms with Crippen LogP contribution in [-0.4, -0.2) is 22.5 Å². The predicted octanol–water partition coefficient (Wildman–Crippen LogP) is 5.39. The van der Waals surface area contributed by atoms with Crippen molar-refractivity contribution in [2.45, 2.75) is 13.8 Å². The summed E-state index contributed by atoms with van der Waals surface area (Å²) in [6.07, 6.45) is 0. The second-order valence-corrected chi connectivity index (χ2v) is 7.45. The molecular formula is C21H15BrN2O3. The van der Waals surface area contributed by atoms with Gasteiger partial charge in [-0.25, -0.2) is 4.98 Å². The first-order valence-electron chi connectivity index (χ1n) is 8.56. The van der Waals surface area contributed by atoms with Gasteiger partial charge in [0, 0.05) is 32.1 Å². The normalized spacial score (nSPS) is 12.9. The fourth-order valence-electron chi connectivity index (χ4n) is 3.76. The number of rotatable bonds is 2. The van der Waals surface area contributed by atoms with Crippen LogP contribution in [0, 0.1) is 6.92 Å².